The molecular formula is C15H12N4OS2. The second kappa shape index (κ2) is 6.62. The quantitative estimate of drug-likeness (QED) is 0.445. The molecule has 3 aromatic rings. The lowest BCUT2D eigenvalue weighted by molar-refractivity contribution is 0.0950. The topological polar surface area (TPSA) is 58.8 Å². The van der Waals surface area contributed by atoms with E-state index in [1.807, 2.05) is 46.3 Å². The standard InChI is InChI=1S/C15H12N4OS2/c20-14(17-7-6-16-10-21)13-12(11-4-2-1-3-5-11)18-15-19(13)8-9-22-15/h1-5,8-9H,6-7H2,(H,17,20). The third-order valence-electron chi connectivity index (χ3n) is 3.10. The van der Waals surface area contributed by atoms with E-state index in [1.54, 1.807) is 0 Å². The summed E-state index contributed by atoms with van der Waals surface area (Å²) in [5.41, 5.74) is 2.14. The van der Waals surface area contributed by atoms with E-state index in [9.17, 15) is 4.79 Å². The van der Waals surface area contributed by atoms with Gasteiger partial charge in [0.1, 0.15) is 11.4 Å². The Bertz CT molecular complexity index is 847. The van der Waals surface area contributed by atoms with Gasteiger partial charge in [-0.2, -0.15) is 0 Å². The van der Waals surface area contributed by atoms with Crippen LogP contribution in [0.4, 0.5) is 0 Å². The zero-order valence-electron chi connectivity index (χ0n) is 11.5. The number of amides is 1. The van der Waals surface area contributed by atoms with Gasteiger partial charge in [0, 0.05) is 23.7 Å². The van der Waals surface area contributed by atoms with Gasteiger partial charge in [0.2, 0.25) is 0 Å². The van der Waals surface area contributed by atoms with E-state index in [0.717, 1.165) is 10.5 Å². The molecule has 0 spiro atoms. The van der Waals surface area contributed by atoms with E-state index >= 15 is 0 Å². The van der Waals surface area contributed by atoms with Crippen molar-refractivity contribution < 1.29 is 4.79 Å². The molecule has 0 aliphatic rings. The molecular weight excluding hydrogens is 316 g/mol. The maximum atomic E-state index is 12.5. The number of nitrogens with one attached hydrogen (secondary N) is 1. The number of carbonyl (C=O) groups is 1. The van der Waals surface area contributed by atoms with Crippen molar-refractivity contribution in [3.8, 4) is 11.3 Å². The van der Waals surface area contributed by atoms with Crippen LogP contribution in [0.1, 0.15) is 10.5 Å². The van der Waals surface area contributed by atoms with Gasteiger partial charge >= 0.3 is 0 Å². The number of carbonyl (C=O) groups excluding carboxylic acids is 1. The highest BCUT2D eigenvalue weighted by Crippen LogP contribution is 2.26. The van der Waals surface area contributed by atoms with Gasteiger partial charge in [-0.15, -0.1) is 11.3 Å². The van der Waals surface area contributed by atoms with E-state index in [0.29, 0.717) is 24.5 Å². The number of aliphatic imine (C=N–C) groups is 1. The van der Waals surface area contributed by atoms with Gasteiger partial charge < -0.3 is 5.32 Å². The molecule has 0 aliphatic carbocycles. The number of benzene rings is 1. The lowest BCUT2D eigenvalue weighted by Gasteiger charge is -2.05. The Kier molecular flexibility index (Phi) is 4.39. The molecule has 0 aliphatic heterocycles. The molecule has 0 saturated heterocycles. The number of nitrogens with zero attached hydrogens (tertiary/aromatic N) is 3. The van der Waals surface area contributed by atoms with Crippen LogP contribution >= 0.6 is 23.6 Å². The summed E-state index contributed by atoms with van der Waals surface area (Å²) in [4.78, 5) is 21.7. The van der Waals surface area contributed by atoms with Crippen molar-refractivity contribution in [2.75, 3.05) is 13.1 Å². The minimum Gasteiger partial charge on any atom is -0.349 e. The molecule has 2 heterocycles. The summed E-state index contributed by atoms with van der Waals surface area (Å²) in [6, 6.07) is 9.68. The summed E-state index contributed by atoms with van der Waals surface area (Å²) in [6.07, 6.45) is 1.85. The van der Waals surface area contributed by atoms with Crippen molar-refractivity contribution in [1.82, 2.24) is 14.7 Å². The number of fused-ring (bicyclic) bond motifs is 1. The average molecular weight is 328 g/mol. The number of thiocarbonyl (C=S) groups is 1. The fourth-order valence-corrected chi connectivity index (χ4v) is 2.96. The molecule has 22 heavy (non-hydrogen) atoms. The van der Waals surface area contributed by atoms with Gasteiger partial charge in [0.15, 0.2) is 4.96 Å². The number of rotatable bonds is 5. The maximum Gasteiger partial charge on any atom is 0.270 e. The van der Waals surface area contributed by atoms with Gasteiger partial charge in [0.05, 0.1) is 11.7 Å². The van der Waals surface area contributed by atoms with Gasteiger partial charge in [-0.25, -0.2) is 9.98 Å². The van der Waals surface area contributed by atoms with E-state index in [-0.39, 0.29) is 5.91 Å². The van der Waals surface area contributed by atoms with Crippen molar-refractivity contribution >= 4 is 39.6 Å². The summed E-state index contributed by atoms with van der Waals surface area (Å²) in [5.74, 6) is -0.177. The Balaban J connectivity index is 1.97. The van der Waals surface area contributed by atoms with Crippen LogP contribution in [0, 0.1) is 0 Å². The van der Waals surface area contributed by atoms with E-state index in [4.69, 9.17) is 0 Å². The van der Waals surface area contributed by atoms with Crippen molar-refractivity contribution in [3.05, 3.63) is 47.6 Å². The first kappa shape index (κ1) is 14.6. The summed E-state index contributed by atoms with van der Waals surface area (Å²) < 4.78 is 1.81. The minimum atomic E-state index is -0.177. The average Bonchev–Trinajstić information content (AvgIpc) is 3.12. The Morgan fingerprint density at radius 3 is 3.00 bits per heavy atom. The molecule has 0 unspecified atom stereocenters. The molecule has 0 saturated carbocycles. The first-order valence-electron chi connectivity index (χ1n) is 6.64. The number of isothiocyanates is 1. The largest absolute Gasteiger partial charge is 0.349 e. The molecule has 7 heteroatoms. The maximum absolute atomic E-state index is 12.5. The smallest absolute Gasteiger partial charge is 0.270 e. The predicted molar refractivity (Wildman–Crippen MR) is 90.7 cm³/mol. The van der Waals surface area contributed by atoms with Crippen LogP contribution in [0.2, 0.25) is 0 Å². The SMILES string of the molecule is O=C(NCCN=C=S)c1c(-c2ccccc2)nc2sccn12. The molecule has 0 atom stereocenters. The number of hydrogen-bond donors (Lipinski definition) is 1. The first-order valence-corrected chi connectivity index (χ1v) is 7.93. The van der Waals surface area contributed by atoms with Gasteiger partial charge in [-0.1, -0.05) is 30.3 Å². The molecule has 0 bridgehead atoms. The third-order valence-corrected chi connectivity index (χ3v) is 3.98. The fraction of sp³-hybridized carbons (Fsp3) is 0.133. The van der Waals surface area contributed by atoms with Crippen molar-refractivity contribution in [2.45, 2.75) is 0 Å². The highest BCUT2D eigenvalue weighted by molar-refractivity contribution is 7.78. The third kappa shape index (κ3) is 2.82. The van der Waals surface area contributed by atoms with E-state index in [2.05, 4.69) is 32.7 Å². The number of aromatic nitrogens is 2. The first-order chi connectivity index (χ1) is 10.8. The van der Waals surface area contributed by atoms with E-state index in [1.165, 1.54) is 11.3 Å². The van der Waals surface area contributed by atoms with Crippen LogP contribution in [0.3, 0.4) is 0 Å². The lowest BCUT2D eigenvalue weighted by atomic mass is 10.1. The molecule has 0 radical (unpaired) electrons. The second-order valence-corrected chi connectivity index (χ2v) is 5.52. The van der Waals surface area contributed by atoms with Crippen molar-refractivity contribution in [2.24, 2.45) is 4.99 Å². The van der Waals surface area contributed by atoms with Crippen LogP contribution in [0.25, 0.3) is 16.2 Å². The summed E-state index contributed by atoms with van der Waals surface area (Å²) in [5, 5.41) is 7.02. The Labute approximate surface area is 136 Å². The van der Waals surface area contributed by atoms with Crippen LogP contribution in [0.5, 0.6) is 0 Å². The molecule has 3 rings (SSSR count). The van der Waals surface area contributed by atoms with Crippen molar-refractivity contribution in [3.63, 3.8) is 0 Å². The van der Waals surface area contributed by atoms with Crippen LogP contribution in [-0.2, 0) is 0 Å². The monoisotopic (exact) mass is 328 g/mol. The van der Waals surface area contributed by atoms with Gasteiger partial charge in [-0.3, -0.25) is 9.20 Å². The van der Waals surface area contributed by atoms with E-state index < -0.39 is 0 Å². The highest BCUT2D eigenvalue weighted by atomic mass is 32.1. The van der Waals surface area contributed by atoms with Crippen LogP contribution in [0.15, 0.2) is 46.9 Å². The van der Waals surface area contributed by atoms with Gasteiger partial charge in [-0.05, 0) is 12.2 Å². The van der Waals surface area contributed by atoms with Crippen molar-refractivity contribution in [1.29, 1.82) is 0 Å². The van der Waals surface area contributed by atoms with Gasteiger partial charge in [0.25, 0.3) is 5.91 Å². The Hall–Kier alpha value is -2.34. The molecule has 0 fully saturated rings. The zero-order valence-corrected chi connectivity index (χ0v) is 13.2. The Morgan fingerprint density at radius 1 is 1.41 bits per heavy atom. The number of thiazole rings is 1. The molecule has 110 valence electrons. The summed E-state index contributed by atoms with van der Waals surface area (Å²) in [7, 11) is 0. The minimum absolute atomic E-state index is 0.177. The zero-order chi connectivity index (χ0) is 15.4. The Morgan fingerprint density at radius 2 is 2.23 bits per heavy atom. The molecule has 1 N–H and O–H groups in total. The van der Waals surface area contributed by atoms with Crippen LogP contribution in [-0.4, -0.2) is 33.5 Å². The second-order valence-electron chi connectivity index (χ2n) is 4.46. The fourth-order valence-electron chi connectivity index (χ4n) is 2.15. The molecule has 5 nitrogen and oxygen atoms in total. The lowest BCUT2D eigenvalue weighted by Crippen LogP contribution is -2.27. The number of imidazole rings is 1. The summed E-state index contributed by atoms with van der Waals surface area (Å²) >= 11 is 6.00. The molecule has 2 aromatic heterocycles. The summed E-state index contributed by atoms with van der Waals surface area (Å²) in [6.45, 7) is 0.829. The predicted octanol–water partition coefficient (Wildman–Crippen LogP) is 2.90. The van der Waals surface area contributed by atoms with Crippen LogP contribution < -0.4 is 5.32 Å². The normalized spacial score (nSPS) is 10.4. The molecule has 1 aromatic carbocycles. The molecule has 1 amide bonds. The number of hydrogen-bond acceptors (Lipinski definition) is 5. The highest BCUT2D eigenvalue weighted by Gasteiger charge is 2.20.